The van der Waals surface area contributed by atoms with E-state index in [1.807, 2.05) is 30.3 Å². The lowest BCUT2D eigenvalue weighted by atomic mass is 10.2. The van der Waals surface area contributed by atoms with E-state index in [4.69, 9.17) is 17.3 Å². The Morgan fingerprint density at radius 3 is 2.47 bits per heavy atom. The lowest BCUT2D eigenvalue weighted by molar-refractivity contribution is 1.01. The maximum absolute atomic E-state index is 5.84. The van der Waals surface area contributed by atoms with Gasteiger partial charge in [0.05, 0.1) is 11.2 Å². The third-order valence-electron chi connectivity index (χ3n) is 1.92. The van der Waals surface area contributed by atoms with Crippen molar-refractivity contribution >= 4 is 47.3 Å². The lowest BCUT2D eigenvalue weighted by Crippen LogP contribution is -1.98. The summed E-state index contributed by atoms with van der Waals surface area (Å²) in [4.78, 5) is 4.35. The van der Waals surface area contributed by atoms with Gasteiger partial charge in [-0.15, -0.1) is 24.8 Å². The Hall–Kier alpha value is -0.540. The SMILES string of the molecule is Cl.Cl.NCc1ccc2ccc(Cl)cc2n1. The van der Waals surface area contributed by atoms with E-state index >= 15 is 0 Å². The Kier molecular flexibility index (Phi) is 5.91. The molecule has 0 radical (unpaired) electrons. The molecule has 2 rings (SSSR count). The number of aromatic nitrogens is 1. The second-order valence-electron chi connectivity index (χ2n) is 2.84. The zero-order chi connectivity index (χ0) is 9.26. The van der Waals surface area contributed by atoms with Crippen LogP contribution in [0.25, 0.3) is 10.9 Å². The highest BCUT2D eigenvalue weighted by Crippen LogP contribution is 2.17. The van der Waals surface area contributed by atoms with Crippen molar-refractivity contribution in [1.29, 1.82) is 0 Å². The first-order valence-electron chi connectivity index (χ1n) is 4.05. The third kappa shape index (κ3) is 3.21. The molecule has 2 N–H and O–H groups in total. The molecule has 0 saturated carbocycles. The van der Waals surface area contributed by atoms with Gasteiger partial charge in [-0.2, -0.15) is 0 Å². The Morgan fingerprint density at radius 2 is 1.80 bits per heavy atom. The highest BCUT2D eigenvalue weighted by molar-refractivity contribution is 6.31. The van der Waals surface area contributed by atoms with Gasteiger partial charge in [-0.3, -0.25) is 4.98 Å². The van der Waals surface area contributed by atoms with Crippen molar-refractivity contribution in [2.75, 3.05) is 0 Å². The fraction of sp³-hybridized carbons (Fsp3) is 0.100. The largest absolute Gasteiger partial charge is 0.325 e. The van der Waals surface area contributed by atoms with Crippen molar-refractivity contribution < 1.29 is 0 Å². The van der Waals surface area contributed by atoms with Crippen LogP contribution in [0.15, 0.2) is 30.3 Å². The third-order valence-corrected chi connectivity index (χ3v) is 2.16. The molecule has 1 heterocycles. The zero-order valence-electron chi connectivity index (χ0n) is 7.81. The summed E-state index contributed by atoms with van der Waals surface area (Å²) in [5.74, 6) is 0. The first kappa shape index (κ1) is 14.5. The molecule has 0 aliphatic rings. The summed E-state index contributed by atoms with van der Waals surface area (Å²) in [6.45, 7) is 0.461. The molecular weight excluding hydrogens is 254 g/mol. The number of hydrogen-bond donors (Lipinski definition) is 1. The summed E-state index contributed by atoms with van der Waals surface area (Å²) in [7, 11) is 0. The second-order valence-corrected chi connectivity index (χ2v) is 3.28. The molecule has 0 spiro atoms. The van der Waals surface area contributed by atoms with Crippen LogP contribution in [-0.4, -0.2) is 4.98 Å². The first-order chi connectivity index (χ1) is 6.29. The lowest BCUT2D eigenvalue weighted by Gasteiger charge is -2.00. The molecule has 0 aliphatic carbocycles. The molecule has 15 heavy (non-hydrogen) atoms. The van der Waals surface area contributed by atoms with E-state index < -0.39 is 0 Å². The minimum Gasteiger partial charge on any atom is -0.325 e. The van der Waals surface area contributed by atoms with E-state index in [9.17, 15) is 0 Å². The van der Waals surface area contributed by atoms with Crippen molar-refractivity contribution in [3.8, 4) is 0 Å². The van der Waals surface area contributed by atoms with Crippen molar-refractivity contribution in [3.63, 3.8) is 0 Å². The van der Waals surface area contributed by atoms with Gasteiger partial charge >= 0.3 is 0 Å². The van der Waals surface area contributed by atoms with Crippen molar-refractivity contribution in [2.24, 2.45) is 5.73 Å². The second kappa shape index (κ2) is 6.13. The number of pyridine rings is 1. The number of nitrogens with zero attached hydrogens (tertiary/aromatic N) is 1. The first-order valence-corrected chi connectivity index (χ1v) is 4.42. The van der Waals surface area contributed by atoms with E-state index in [0.29, 0.717) is 11.6 Å². The number of benzene rings is 1. The monoisotopic (exact) mass is 264 g/mol. The van der Waals surface area contributed by atoms with E-state index in [1.54, 1.807) is 0 Å². The predicted octanol–water partition coefficient (Wildman–Crippen LogP) is 3.19. The molecule has 0 amide bonds. The Balaban J connectivity index is 0.000000980. The van der Waals surface area contributed by atoms with Crippen LogP contribution in [0.2, 0.25) is 5.02 Å². The summed E-state index contributed by atoms with van der Waals surface area (Å²) < 4.78 is 0. The van der Waals surface area contributed by atoms with Gasteiger partial charge in [-0.1, -0.05) is 23.7 Å². The average Bonchev–Trinajstić information content (AvgIpc) is 2.16. The Labute approximate surface area is 106 Å². The summed E-state index contributed by atoms with van der Waals surface area (Å²) in [5, 5.41) is 1.79. The molecule has 0 unspecified atom stereocenters. The molecule has 1 aromatic heterocycles. The van der Waals surface area contributed by atoms with Gasteiger partial charge in [0.2, 0.25) is 0 Å². The van der Waals surface area contributed by atoms with Gasteiger partial charge in [0.1, 0.15) is 0 Å². The number of nitrogens with two attached hydrogens (primary N) is 1. The minimum absolute atomic E-state index is 0. The van der Waals surface area contributed by atoms with Crippen LogP contribution in [0.3, 0.4) is 0 Å². The van der Waals surface area contributed by atoms with Crippen LogP contribution >= 0.6 is 36.4 Å². The Morgan fingerprint density at radius 1 is 1.13 bits per heavy atom. The molecular formula is C10H11Cl3N2. The Bertz CT molecular complexity index is 446. The summed E-state index contributed by atoms with van der Waals surface area (Å²) in [6, 6.07) is 9.58. The maximum Gasteiger partial charge on any atom is 0.0720 e. The number of fused-ring (bicyclic) bond motifs is 1. The predicted molar refractivity (Wildman–Crippen MR) is 69.1 cm³/mol. The van der Waals surface area contributed by atoms with Crippen LogP contribution in [0, 0.1) is 0 Å². The van der Waals surface area contributed by atoms with Crippen LogP contribution < -0.4 is 5.73 Å². The van der Waals surface area contributed by atoms with Gasteiger partial charge in [0, 0.05) is 17.0 Å². The average molecular weight is 266 g/mol. The van der Waals surface area contributed by atoms with Crippen LogP contribution in [0.4, 0.5) is 0 Å². The summed E-state index contributed by atoms with van der Waals surface area (Å²) in [6.07, 6.45) is 0. The standard InChI is InChI=1S/C10H9ClN2.2ClH/c11-8-3-1-7-2-4-9(6-12)13-10(7)5-8;;/h1-5H,6,12H2;2*1H. The quantitative estimate of drug-likeness (QED) is 0.860. The molecule has 0 aliphatic heterocycles. The molecule has 2 aromatic rings. The molecule has 2 nitrogen and oxygen atoms in total. The highest BCUT2D eigenvalue weighted by atomic mass is 35.5. The number of rotatable bonds is 1. The van der Waals surface area contributed by atoms with Crippen LogP contribution in [0.5, 0.6) is 0 Å². The van der Waals surface area contributed by atoms with Crippen molar-refractivity contribution in [3.05, 3.63) is 41.0 Å². The molecule has 82 valence electrons. The smallest absolute Gasteiger partial charge is 0.0720 e. The molecule has 1 aromatic carbocycles. The molecule has 0 atom stereocenters. The zero-order valence-corrected chi connectivity index (χ0v) is 10.2. The molecule has 5 heteroatoms. The number of hydrogen-bond acceptors (Lipinski definition) is 2. The van der Waals surface area contributed by atoms with Gasteiger partial charge in [-0.25, -0.2) is 0 Å². The molecule has 0 fully saturated rings. The summed E-state index contributed by atoms with van der Waals surface area (Å²) >= 11 is 5.84. The van der Waals surface area contributed by atoms with Gasteiger partial charge in [0.15, 0.2) is 0 Å². The fourth-order valence-electron chi connectivity index (χ4n) is 1.25. The fourth-order valence-corrected chi connectivity index (χ4v) is 1.41. The van der Waals surface area contributed by atoms with Crippen molar-refractivity contribution in [1.82, 2.24) is 4.98 Å². The van der Waals surface area contributed by atoms with E-state index in [-0.39, 0.29) is 24.8 Å². The van der Waals surface area contributed by atoms with E-state index in [1.165, 1.54) is 0 Å². The number of halogens is 3. The van der Waals surface area contributed by atoms with Crippen LogP contribution in [-0.2, 0) is 6.54 Å². The van der Waals surface area contributed by atoms with E-state index in [2.05, 4.69) is 4.98 Å². The highest BCUT2D eigenvalue weighted by Gasteiger charge is 1.97. The molecule has 0 bridgehead atoms. The van der Waals surface area contributed by atoms with Crippen molar-refractivity contribution in [2.45, 2.75) is 6.54 Å². The normalized spacial score (nSPS) is 9.20. The molecule has 0 saturated heterocycles. The van der Waals surface area contributed by atoms with E-state index in [0.717, 1.165) is 16.6 Å². The topological polar surface area (TPSA) is 38.9 Å². The van der Waals surface area contributed by atoms with Gasteiger partial charge < -0.3 is 5.73 Å². The van der Waals surface area contributed by atoms with Gasteiger partial charge in [-0.05, 0) is 18.2 Å². The van der Waals surface area contributed by atoms with Crippen LogP contribution in [0.1, 0.15) is 5.69 Å². The minimum atomic E-state index is 0. The summed E-state index contributed by atoms with van der Waals surface area (Å²) in [5.41, 5.74) is 7.27. The van der Waals surface area contributed by atoms with Gasteiger partial charge in [0.25, 0.3) is 0 Å². The maximum atomic E-state index is 5.84.